The summed E-state index contributed by atoms with van der Waals surface area (Å²) in [6, 6.07) is 0. The lowest BCUT2D eigenvalue weighted by Gasteiger charge is -2.18. The molecule has 468 valence electrons. The van der Waals surface area contributed by atoms with E-state index in [4.69, 9.17) is 14.2 Å². The Kier molecular flexibility index (Phi) is 65.4. The standard InChI is InChI=1S/C77H124O6/c1-4-7-10-13-16-18-20-22-24-26-28-30-32-34-35-36-37-38-39-40-41-43-44-46-48-50-52-54-56-58-61-64-67-70-76(79)82-73-74(72-81-75(78)69-66-63-60-15-12-9-6-3)83-77(80)71-68-65-62-59-57-55-53-51-49-47-45-42-33-31-29-27-25-23-21-19-17-14-11-8-5-2/h7-8,10-11,16-19,22-25,28-31,34-35,37-38,40-42,44-46,74H,4-6,9,12-15,20-21,26-27,32-33,36,39,43,47-73H2,1-3H3/b10-7-,11-8-,18-16-,19-17-,24-22-,25-23-,30-28-,31-29-,35-34-,38-37-,41-40-,45-42-,46-44-. The van der Waals surface area contributed by atoms with E-state index in [-0.39, 0.29) is 31.1 Å². The summed E-state index contributed by atoms with van der Waals surface area (Å²) in [6.45, 7) is 6.36. The van der Waals surface area contributed by atoms with Gasteiger partial charge in [-0.05, 0) is 128 Å². The van der Waals surface area contributed by atoms with Crippen LogP contribution in [0.15, 0.2) is 158 Å². The van der Waals surface area contributed by atoms with Crippen molar-refractivity contribution < 1.29 is 28.6 Å². The van der Waals surface area contributed by atoms with Crippen molar-refractivity contribution in [3.63, 3.8) is 0 Å². The van der Waals surface area contributed by atoms with E-state index in [9.17, 15) is 14.4 Å². The van der Waals surface area contributed by atoms with E-state index in [0.29, 0.717) is 19.3 Å². The fourth-order valence-corrected chi connectivity index (χ4v) is 9.01. The zero-order chi connectivity index (χ0) is 59.9. The van der Waals surface area contributed by atoms with Crippen LogP contribution in [0, 0.1) is 0 Å². The van der Waals surface area contributed by atoms with Gasteiger partial charge in [-0.1, -0.05) is 301 Å². The van der Waals surface area contributed by atoms with Gasteiger partial charge in [-0.2, -0.15) is 0 Å². The van der Waals surface area contributed by atoms with Crippen LogP contribution in [0.25, 0.3) is 0 Å². The first-order valence-electron chi connectivity index (χ1n) is 34.0. The fraction of sp³-hybridized carbons (Fsp3) is 0.623. The molecule has 0 rings (SSSR count). The summed E-state index contributed by atoms with van der Waals surface area (Å²) in [6.07, 6.45) is 101. The Balaban J connectivity index is 4.18. The first-order chi connectivity index (χ1) is 41.0. The summed E-state index contributed by atoms with van der Waals surface area (Å²) in [7, 11) is 0. The molecule has 1 unspecified atom stereocenters. The van der Waals surface area contributed by atoms with Crippen LogP contribution in [0.2, 0.25) is 0 Å². The van der Waals surface area contributed by atoms with E-state index in [1.807, 2.05) is 0 Å². The van der Waals surface area contributed by atoms with Crippen LogP contribution >= 0.6 is 0 Å². The van der Waals surface area contributed by atoms with Gasteiger partial charge in [0, 0.05) is 19.3 Å². The number of carbonyl (C=O) groups excluding carboxylic acids is 3. The number of allylic oxidation sites excluding steroid dienone is 26. The number of carbonyl (C=O) groups is 3. The molecule has 0 aliphatic rings. The summed E-state index contributed by atoms with van der Waals surface area (Å²) < 4.78 is 16.9. The van der Waals surface area contributed by atoms with Crippen molar-refractivity contribution in [3.8, 4) is 0 Å². The predicted molar refractivity (Wildman–Crippen MR) is 362 cm³/mol. The van der Waals surface area contributed by atoms with E-state index in [0.717, 1.165) is 154 Å². The van der Waals surface area contributed by atoms with Crippen LogP contribution in [-0.4, -0.2) is 37.2 Å². The average molecular weight is 1150 g/mol. The molecule has 0 spiro atoms. The van der Waals surface area contributed by atoms with Crippen LogP contribution in [0.1, 0.15) is 290 Å². The van der Waals surface area contributed by atoms with Gasteiger partial charge in [0.25, 0.3) is 0 Å². The molecule has 0 bridgehead atoms. The predicted octanol–water partition coefficient (Wildman–Crippen LogP) is 23.7. The Morgan fingerprint density at radius 2 is 0.470 bits per heavy atom. The summed E-state index contributed by atoms with van der Waals surface area (Å²) in [4.78, 5) is 38.2. The van der Waals surface area contributed by atoms with Gasteiger partial charge in [0.05, 0.1) is 0 Å². The third kappa shape index (κ3) is 67.7. The second kappa shape index (κ2) is 69.5. The molecule has 0 aromatic heterocycles. The van der Waals surface area contributed by atoms with Gasteiger partial charge in [-0.15, -0.1) is 0 Å². The second-order valence-corrected chi connectivity index (χ2v) is 22.0. The van der Waals surface area contributed by atoms with E-state index >= 15 is 0 Å². The van der Waals surface area contributed by atoms with Crippen LogP contribution < -0.4 is 0 Å². The maximum atomic E-state index is 12.9. The third-order valence-corrected chi connectivity index (χ3v) is 14.0. The molecule has 0 saturated heterocycles. The van der Waals surface area contributed by atoms with Crippen molar-refractivity contribution in [3.05, 3.63) is 158 Å². The molecule has 0 N–H and O–H groups in total. The number of hydrogen-bond donors (Lipinski definition) is 0. The molecule has 0 amide bonds. The highest BCUT2D eigenvalue weighted by molar-refractivity contribution is 5.71. The van der Waals surface area contributed by atoms with Gasteiger partial charge >= 0.3 is 17.9 Å². The van der Waals surface area contributed by atoms with Gasteiger partial charge in [-0.3, -0.25) is 14.4 Å². The highest BCUT2D eigenvalue weighted by atomic mass is 16.6. The minimum Gasteiger partial charge on any atom is -0.462 e. The highest BCUT2D eigenvalue weighted by Gasteiger charge is 2.19. The maximum Gasteiger partial charge on any atom is 0.306 e. The third-order valence-electron chi connectivity index (χ3n) is 14.0. The highest BCUT2D eigenvalue weighted by Crippen LogP contribution is 2.15. The lowest BCUT2D eigenvalue weighted by Crippen LogP contribution is -2.30. The van der Waals surface area contributed by atoms with Gasteiger partial charge < -0.3 is 14.2 Å². The minimum atomic E-state index is -0.789. The topological polar surface area (TPSA) is 78.9 Å². The van der Waals surface area contributed by atoms with E-state index in [2.05, 4.69) is 179 Å². The molecule has 6 heteroatoms. The van der Waals surface area contributed by atoms with Gasteiger partial charge in [0.1, 0.15) is 13.2 Å². The van der Waals surface area contributed by atoms with Crippen LogP contribution in [0.5, 0.6) is 0 Å². The minimum absolute atomic E-state index is 0.0867. The molecule has 0 radical (unpaired) electrons. The smallest absolute Gasteiger partial charge is 0.306 e. The number of hydrogen-bond acceptors (Lipinski definition) is 6. The fourth-order valence-electron chi connectivity index (χ4n) is 9.01. The molecule has 0 fully saturated rings. The van der Waals surface area contributed by atoms with Crippen molar-refractivity contribution in [2.24, 2.45) is 0 Å². The molecule has 6 nitrogen and oxygen atoms in total. The summed E-state index contributed by atoms with van der Waals surface area (Å²) in [5.74, 6) is -0.908. The molecule has 83 heavy (non-hydrogen) atoms. The number of ether oxygens (including phenoxy) is 3. The monoisotopic (exact) mass is 1140 g/mol. The molecular weight excluding hydrogens is 1020 g/mol. The van der Waals surface area contributed by atoms with E-state index < -0.39 is 6.10 Å². The van der Waals surface area contributed by atoms with Crippen LogP contribution in [0.3, 0.4) is 0 Å². The SMILES string of the molecule is CC/C=C\C/C=C\C/C=C\C/C=C\C/C=C\C/C=C\C/C=C\C/C=C\CCCCCCCCCCC(=O)OCC(COC(=O)CCCCCCCCC)OC(=O)CCCCCCCCCCC/C=C\C/C=C\C/C=C\C/C=C\C/C=C\CC. The average Bonchev–Trinajstić information content (AvgIpc) is 3.50. The van der Waals surface area contributed by atoms with Gasteiger partial charge in [-0.25, -0.2) is 0 Å². The molecule has 1 atom stereocenters. The zero-order valence-corrected chi connectivity index (χ0v) is 53.7. The Bertz CT molecular complexity index is 1840. The van der Waals surface area contributed by atoms with Crippen molar-refractivity contribution in [1.29, 1.82) is 0 Å². The Morgan fingerprint density at radius 1 is 0.253 bits per heavy atom. The molecule has 0 aromatic carbocycles. The quantitative estimate of drug-likeness (QED) is 0.0261. The lowest BCUT2D eigenvalue weighted by atomic mass is 10.1. The number of rotatable bonds is 60. The van der Waals surface area contributed by atoms with E-state index in [1.165, 1.54) is 96.3 Å². The first-order valence-corrected chi connectivity index (χ1v) is 34.0. The zero-order valence-electron chi connectivity index (χ0n) is 53.7. The Hall–Kier alpha value is -4.97. The normalized spacial score (nSPS) is 13.1. The van der Waals surface area contributed by atoms with Gasteiger partial charge in [0.2, 0.25) is 0 Å². The summed E-state index contributed by atoms with van der Waals surface area (Å²) in [5, 5.41) is 0. The van der Waals surface area contributed by atoms with Crippen LogP contribution in [-0.2, 0) is 28.6 Å². The Morgan fingerprint density at radius 3 is 0.735 bits per heavy atom. The van der Waals surface area contributed by atoms with Crippen molar-refractivity contribution in [2.75, 3.05) is 13.2 Å². The molecule has 0 heterocycles. The van der Waals surface area contributed by atoms with Crippen LogP contribution in [0.4, 0.5) is 0 Å². The van der Waals surface area contributed by atoms with Crippen molar-refractivity contribution in [1.82, 2.24) is 0 Å². The second-order valence-electron chi connectivity index (χ2n) is 22.0. The first kappa shape index (κ1) is 78.0. The Labute approximate surface area is 511 Å². The van der Waals surface area contributed by atoms with E-state index in [1.54, 1.807) is 0 Å². The number of esters is 3. The summed E-state index contributed by atoms with van der Waals surface area (Å²) in [5.41, 5.74) is 0. The molecule has 0 aromatic rings. The number of unbranched alkanes of at least 4 members (excludes halogenated alkanes) is 23. The molecular formula is C77H124O6. The maximum absolute atomic E-state index is 12.9. The lowest BCUT2D eigenvalue weighted by molar-refractivity contribution is -0.167. The molecule has 0 aliphatic carbocycles. The van der Waals surface area contributed by atoms with Crippen molar-refractivity contribution in [2.45, 2.75) is 297 Å². The summed E-state index contributed by atoms with van der Waals surface area (Å²) >= 11 is 0. The van der Waals surface area contributed by atoms with Gasteiger partial charge in [0.15, 0.2) is 6.10 Å². The largest absolute Gasteiger partial charge is 0.462 e. The van der Waals surface area contributed by atoms with Crippen molar-refractivity contribution >= 4 is 17.9 Å². The molecule has 0 saturated carbocycles. The molecule has 0 aliphatic heterocycles.